The zero-order chi connectivity index (χ0) is 24.2. The number of aliphatic hydroxyl groups excluding tert-OH is 1. The number of ether oxygens (including phenoxy) is 1. The Bertz CT molecular complexity index is 965. The monoisotopic (exact) mass is 481 g/mol. The van der Waals surface area contributed by atoms with Gasteiger partial charge in [0, 0.05) is 11.6 Å². The van der Waals surface area contributed by atoms with Crippen LogP contribution in [0.5, 0.6) is 0 Å². The first kappa shape index (κ1) is 24.7. The third-order valence-corrected chi connectivity index (χ3v) is 10.0. The lowest BCUT2D eigenvalue weighted by Gasteiger charge is -2.66. The topological polar surface area (TPSA) is 113 Å². The van der Waals surface area contributed by atoms with Crippen molar-refractivity contribution in [2.75, 3.05) is 0 Å². The van der Waals surface area contributed by atoms with E-state index in [4.69, 9.17) is 4.74 Å². The molecule has 1 aliphatic heterocycles. The van der Waals surface area contributed by atoms with Crippen molar-refractivity contribution in [3.8, 4) is 0 Å². The average molecular weight is 482 g/mol. The van der Waals surface area contributed by atoms with Crippen molar-refractivity contribution in [3.05, 3.63) is 23.5 Å². The lowest BCUT2D eigenvalue weighted by molar-refractivity contribution is -0.155. The number of esters is 1. The molecule has 0 bridgehead atoms. The highest BCUT2D eigenvalue weighted by molar-refractivity contribution is 7.80. The van der Waals surface area contributed by atoms with Crippen LogP contribution >= 0.6 is 0 Å². The molecule has 3 saturated carbocycles. The summed E-state index contributed by atoms with van der Waals surface area (Å²) in [7, 11) is -4.83. The zero-order valence-electron chi connectivity index (χ0n) is 20.1. The minimum absolute atomic E-state index is 0.00961. The molecule has 0 aromatic heterocycles. The van der Waals surface area contributed by atoms with E-state index in [9.17, 15) is 22.9 Å². The van der Waals surface area contributed by atoms with Crippen LogP contribution in [0.15, 0.2) is 23.5 Å². The van der Waals surface area contributed by atoms with Gasteiger partial charge in [-0.05, 0) is 90.9 Å². The van der Waals surface area contributed by atoms with Crippen LogP contribution in [-0.4, -0.2) is 30.3 Å². The molecule has 8 heteroatoms. The first-order chi connectivity index (χ1) is 15.3. The largest absolute Gasteiger partial charge is 0.716 e. The molecule has 1 N–H and O–H groups in total. The third kappa shape index (κ3) is 4.50. The van der Waals surface area contributed by atoms with Crippen LogP contribution in [0.4, 0.5) is 0 Å². The Labute approximate surface area is 197 Å². The molecule has 0 aromatic rings. The van der Waals surface area contributed by atoms with E-state index in [1.54, 1.807) is 0 Å². The van der Waals surface area contributed by atoms with Crippen LogP contribution in [0.25, 0.3) is 0 Å². The maximum Gasteiger partial charge on any atom is 0.333 e. The van der Waals surface area contributed by atoms with Gasteiger partial charge < -0.3 is 18.6 Å². The molecule has 186 valence electrons. The van der Waals surface area contributed by atoms with Crippen LogP contribution in [0, 0.1) is 34.0 Å². The summed E-state index contributed by atoms with van der Waals surface area (Å²) in [5, 5.41) is 10.0. The Morgan fingerprint density at radius 2 is 1.88 bits per heavy atom. The van der Waals surface area contributed by atoms with E-state index in [1.807, 2.05) is 0 Å². The number of hydrogen-bond donors (Lipinski definition) is 1. The van der Waals surface area contributed by atoms with E-state index in [-0.39, 0.29) is 16.7 Å². The van der Waals surface area contributed by atoms with Gasteiger partial charge in [0.15, 0.2) is 0 Å². The maximum atomic E-state index is 11.6. The van der Waals surface area contributed by atoms with Gasteiger partial charge in [-0.25, -0.2) is 13.2 Å². The van der Waals surface area contributed by atoms with Crippen LogP contribution in [0.3, 0.4) is 0 Å². The van der Waals surface area contributed by atoms with Gasteiger partial charge in [-0.15, -0.1) is 0 Å². The first-order valence-electron chi connectivity index (χ1n) is 12.2. The van der Waals surface area contributed by atoms with E-state index >= 15 is 0 Å². The van der Waals surface area contributed by atoms with Crippen molar-refractivity contribution in [1.82, 2.24) is 0 Å². The minimum atomic E-state index is -4.83. The van der Waals surface area contributed by atoms with Crippen molar-refractivity contribution in [2.24, 2.45) is 34.0 Å². The summed E-state index contributed by atoms with van der Waals surface area (Å²) in [5.41, 5.74) is 1.80. The zero-order valence-corrected chi connectivity index (χ0v) is 20.9. The van der Waals surface area contributed by atoms with Crippen molar-refractivity contribution in [3.63, 3.8) is 0 Å². The van der Waals surface area contributed by atoms with E-state index in [0.29, 0.717) is 42.1 Å². The second-order valence-corrected chi connectivity index (χ2v) is 12.8. The van der Waals surface area contributed by atoms with Gasteiger partial charge in [-0.3, -0.25) is 0 Å². The molecule has 3 fully saturated rings. The Kier molecular flexibility index (Phi) is 6.28. The molecule has 33 heavy (non-hydrogen) atoms. The van der Waals surface area contributed by atoms with Crippen molar-refractivity contribution >= 4 is 16.4 Å². The highest BCUT2D eigenvalue weighted by Crippen LogP contribution is 2.69. The van der Waals surface area contributed by atoms with Crippen molar-refractivity contribution in [1.29, 1.82) is 0 Å². The quantitative estimate of drug-likeness (QED) is 0.264. The Balaban J connectivity index is 1.67. The van der Waals surface area contributed by atoms with Crippen molar-refractivity contribution < 1.29 is 31.8 Å². The van der Waals surface area contributed by atoms with E-state index in [0.717, 1.165) is 31.1 Å². The summed E-state index contributed by atoms with van der Waals surface area (Å²) in [4.78, 5) is 11.6. The fourth-order valence-electron chi connectivity index (χ4n) is 8.40. The summed E-state index contributed by atoms with van der Waals surface area (Å²) >= 11 is 0. The van der Waals surface area contributed by atoms with Crippen molar-refractivity contribution in [2.45, 2.75) is 91.8 Å². The summed E-state index contributed by atoms with van der Waals surface area (Å²) in [6.45, 7) is 9.58. The van der Waals surface area contributed by atoms with E-state index in [2.05, 4.69) is 31.9 Å². The number of allylic oxidation sites excluding steroid dienone is 1. The fraction of sp³-hybridized carbons (Fsp3) is 0.800. The fourth-order valence-corrected chi connectivity index (χ4v) is 8.64. The number of rotatable bonds is 5. The van der Waals surface area contributed by atoms with Crippen LogP contribution in [0.2, 0.25) is 0 Å². The molecule has 0 amide bonds. The molecule has 4 aliphatic rings. The number of carbonyl (C=O) groups is 1. The Hall–Kier alpha value is -1.38. The average Bonchev–Trinajstić information content (AvgIpc) is 3.00. The molecular formula is C25H37O7S-. The highest BCUT2D eigenvalue weighted by atomic mass is 32.3. The normalized spacial score (nSPS) is 41.7. The molecule has 0 unspecified atom stereocenters. The Morgan fingerprint density at radius 1 is 1.15 bits per heavy atom. The molecule has 3 aliphatic carbocycles. The van der Waals surface area contributed by atoms with Gasteiger partial charge in [-0.1, -0.05) is 34.1 Å². The van der Waals surface area contributed by atoms with E-state index < -0.39 is 22.7 Å². The summed E-state index contributed by atoms with van der Waals surface area (Å²) in [6.07, 6.45) is 9.81. The molecule has 0 aromatic carbocycles. The summed E-state index contributed by atoms with van der Waals surface area (Å²) in [5.74, 6) is 0.560. The van der Waals surface area contributed by atoms with Gasteiger partial charge in [-0.2, -0.15) is 0 Å². The van der Waals surface area contributed by atoms with Gasteiger partial charge in [0.2, 0.25) is 6.29 Å². The van der Waals surface area contributed by atoms with Crippen LogP contribution < -0.4 is 0 Å². The summed E-state index contributed by atoms with van der Waals surface area (Å²) in [6, 6.07) is 0. The van der Waals surface area contributed by atoms with Gasteiger partial charge >= 0.3 is 5.97 Å². The molecule has 0 saturated heterocycles. The number of hydrogen-bond acceptors (Lipinski definition) is 7. The summed E-state index contributed by atoms with van der Waals surface area (Å²) < 4.78 is 43.0. The first-order valence-corrected chi connectivity index (χ1v) is 13.5. The van der Waals surface area contributed by atoms with Gasteiger partial charge in [0.25, 0.3) is 10.4 Å². The van der Waals surface area contributed by atoms with Gasteiger partial charge in [0.1, 0.15) is 6.26 Å². The Morgan fingerprint density at radius 3 is 2.52 bits per heavy atom. The molecule has 0 radical (unpaired) electrons. The maximum absolute atomic E-state index is 11.6. The van der Waals surface area contributed by atoms with Crippen LogP contribution in [-0.2, 0) is 24.1 Å². The number of fused-ring (bicyclic) bond motifs is 3. The molecule has 7 nitrogen and oxygen atoms in total. The SMILES string of the molecule is CC1(C)CCC[C@]2(C)[C@H]3CC/C(=C\OS(=O)(=O)[O-])[C@H](CCC4=CC(=O)O[C@@H]4O)[C@@]3(C)CC[C@@H]12. The third-order valence-electron chi connectivity index (χ3n) is 9.69. The molecule has 4 rings (SSSR count). The van der Waals surface area contributed by atoms with E-state index in [1.165, 1.54) is 25.3 Å². The lowest BCUT2D eigenvalue weighted by Crippen LogP contribution is -2.58. The second kappa shape index (κ2) is 8.38. The number of carbonyl (C=O) groups excluding carboxylic acids is 1. The van der Waals surface area contributed by atoms with Gasteiger partial charge in [0.05, 0.1) is 0 Å². The second-order valence-electron chi connectivity index (χ2n) is 11.8. The smallest absolute Gasteiger partial charge is 0.333 e. The molecule has 6 atom stereocenters. The predicted molar refractivity (Wildman–Crippen MR) is 121 cm³/mol. The highest BCUT2D eigenvalue weighted by Gasteiger charge is 2.61. The predicted octanol–water partition coefficient (Wildman–Crippen LogP) is 4.59. The molecular weight excluding hydrogens is 444 g/mol. The molecule has 0 spiro atoms. The number of aliphatic hydroxyl groups is 1. The molecule has 1 heterocycles. The lowest BCUT2D eigenvalue weighted by atomic mass is 9.39. The van der Waals surface area contributed by atoms with Crippen LogP contribution in [0.1, 0.15) is 85.5 Å². The standard InChI is InChI=1S/C25H38O7S/c1-23(2)11-5-12-25(4)19(23)10-13-24(3)18(8-6-16-14-21(26)32-22(16)27)17(7-9-20(24)25)15-31-33(28,29)30/h14-15,18-20,22,27H,5-13H2,1-4H3,(H,28,29,30)/p-1/b17-15+/t18-,19-,20-,22-,24+,25-/m0/s1. The minimum Gasteiger partial charge on any atom is -0.716 e. The number of cyclic esters (lactones) is 1.